The smallest absolute Gasteiger partial charge is 0.0556 e. The maximum absolute atomic E-state index is 8.67. The largest absolute Gasteiger partial charge is 0.395 e. The van der Waals surface area contributed by atoms with E-state index in [1.54, 1.807) is 0 Å². The third-order valence-corrected chi connectivity index (χ3v) is 2.72. The molecule has 0 unspecified atom stereocenters. The van der Waals surface area contributed by atoms with Crippen molar-refractivity contribution in [2.75, 3.05) is 13.2 Å². The number of aliphatic hydroxyl groups is 1. The van der Waals surface area contributed by atoms with Gasteiger partial charge in [0.1, 0.15) is 0 Å². The molecule has 2 nitrogen and oxygen atoms in total. The highest BCUT2D eigenvalue weighted by atomic mass is 16.3. The molecule has 1 aliphatic carbocycles. The average Bonchev–Trinajstić information content (AvgIpc) is 1.99. The SMILES string of the molecule is C[C@H]1CC(NCCO)C[C@H](C)C1. The Hall–Kier alpha value is -0.0800. The molecule has 72 valence electrons. The van der Waals surface area contributed by atoms with Crippen LogP contribution in [0.4, 0.5) is 0 Å². The molecule has 1 rings (SSSR count). The molecule has 0 spiro atoms. The first-order valence-electron chi connectivity index (χ1n) is 5.06. The molecule has 2 atom stereocenters. The molecule has 1 aliphatic rings. The van der Waals surface area contributed by atoms with Crippen LogP contribution in [0.15, 0.2) is 0 Å². The molecule has 0 saturated heterocycles. The van der Waals surface area contributed by atoms with Crippen LogP contribution in [0.2, 0.25) is 0 Å². The van der Waals surface area contributed by atoms with Crippen molar-refractivity contribution in [3.05, 3.63) is 0 Å². The van der Waals surface area contributed by atoms with Gasteiger partial charge < -0.3 is 10.4 Å². The summed E-state index contributed by atoms with van der Waals surface area (Å²) in [5, 5.41) is 12.0. The molecule has 2 N–H and O–H groups in total. The zero-order valence-corrected chi connectivity index (χ0v) is 8.21. The second-order valence-electron chi connectivity index (χ2n) is 4.29. The lowest BCUT2D eigenvalue weighted by atomic mass is 9.80. The molecule has 1 fully saturated rings. The Bertz CT molecular complexity index is 117. The minimum absolute atomic E-state index is 0.263. The maximum Gasteiger partial charge on any atom is 0.0556 e. The second kappa shape index (κ2) is 4.83. The topological polar surface area (TPSA) is 32.3 Å². The van der Waals surface area contributed by atoms with Crippen LogP contribution in [0, 0.1) is 11.8 Å². The van der Waals surface area contributed by atoms with Gasteiger partial charge in [-0.2, -0.15) is 0 Å². The molecule has 0 amide bonds. The quantitative estimate of drug-likeness (QED) is 0.672. The summed E-state index contributed by atoms with van der Waals surface area (Å²) in [4.78, 5) is 0. The molecular formula is C10H21NO. The van der Waals surface area contributed by atoms with E-state index in [-0.39, 0.29) is 6.61 Å². The normalized spacial score (nSPS) is 36.8. The van der Waals surface area contributed by atoms with Crippen LogP contribution in [0.5, 0.6) is 0 Å². The van der Waals surface area contributed by atoms with Crippen molar-refractivity contribution >= 4 is 0 Å². The van der Waals surface area contributed by atoms with E-state index in [9.17, 15) is 0 Å². The Balaban J connectivity index is 2.24. The first-order valence-corrected chi connectivity index (χ1v) is 5.06. The van der Waals surface area contributed by atoms with Crippen LogP contribution in [0.1, 0.15) is 33.1 Å². The van der Waals surface area contributed by atoms with Crippen molar-refractivity contribution in [3.8, 4) is 0 Å². The van der Waals surface area contributed by atoms with Crippen molar-refractivity contribution in [1.82, 2.24) is 5.32 Å². The predicted molar refractivity (Wildman–Crippen MR) is 51.1 cm³/mol. The van der Waals surface area contributed by atoms with Gasteiger partial charge in [-0.25, -0.2) is 0 Å². The monoisotopic (exact) mass is 171 g/mol. The summed E-state index contributed by atoms with van der Waals surface area (Å²) >= 11 is 0. The van der Waals surface area contributed by atoms with Crippen molar-refractivity contribution < 1.29 is 5.11 Å². The molecule has 0 bridgehead atoms. The van der Waals surface area contributed by atoms with Crippen molar-refractivity contribution in [2.24, 2.45) is 11.8 Å². The minimum Gasteiger partial charge on any atom is -0.395 e. The minimum atomic E-state index is 0.263. The van der Waals surface area contributed by atoms with E-state index >= 15 is 0 Å². The van der Waals surface area contributed by atoms with Gasteiger partial charge in [0.15, 0.2) is 0 Å². The van der Waals surface area contributed by atoms with E-state index in [1.165, 1.54) is 19.3 Å². The van der Waals surface area contributed by atoms with Crippen molar-refractivity contribution in [1.29, 1.82) is 0 Å². The Morgan fingerprint density at radius 1 is 1.17 bits per heavy atom. The highest BCUT2D eigenvalue weighted by Gasteiger charge is 2.22. The van der Waals surface area contributed by atoms with Gasteiger partial charge in [0.25, 0.3) is 0 Å². The van der Waals surface area contributed by atoms with Gasteiger partial charge >= 0.3 is 0 Å². The fourth-order valence-corrected chi connectivity index (χ4v) is 2.38. The Labute approximate surface area is 75.4 Å². The lowest BCUT2D eigenvalue weighted by Crippen LogP contribution is -2.37. The second-order valence-corrected chi connectivity index (χ2v) is 4.29. The van der Waals surface area contributed by atoms with Crippen molar-refractivity contribution in [2.45, 2.75) is 39.2 Å². The maximum atomic E-state index is 8.67. The standard InChI is InChI=1S/C10H21NO/c1-8-5-9(2)7-10(6-8)11-3-4-12/h8-12H,3-7H2,1-2H3/t8-,9-/m1/s1. The summed E-state index contributed by atoms with van der Waals surface area (Å²) in [6.45, 7) is 5.66. The van der Waals surface area contributed by atoms with E-state index < -0.39 is 0 Å². The Morgan fingerprint density at radius 2 is 1.75 bits per heavy atom. The Kier molecular flexibility index (Phi) is 4.02. The highest BCUT2D eigenvalue weighted by Crippen LogP contribution is 2.28. The third-order valence-electron chi connectivity index (χ3n) is 2.72. The first kappa shape index (κ1) is 10.0. The molecular weight excluding hydrogens is 150 g/mol. The summed E-state index contributed by atoms with van der Waals surface area (Å²) in [7, 11) is 0. The first-order chi connectivity index (χ1) is 5.72. The number of hydrogen-bond donors (Lipinski definition) is 2. The summed E-state index contributed by atoms with van der Waals surface area (Å²) in [5.41, 5.74) is 0. The van der Waals surface area contributed by atoms with Gasteiger partial charge in [0, 0.05) is 12.6 Å². The van der Waals surface area contributed by atoms with Gasteiger partial charge in [0.05, 0.1) is 6.61 Å². The summed E-state index contributed by atoms with van der Waals surface area (Å²) in [6, 6.07) is 0.649. The molecule has 1 saturated carbocycles. The van der Waals surface area contributed by atoms with Gasteiger partial charge in [-0.05, 0) is 31.1 Å². The molecule has 0 aromatic rings. The number of nitrogens with one attached hydrogen (secondary N) is 1. The van der Waals surface area contributed by atoms with Crippen molar-refractivity contribution in [3.63, 3.8) is 0 Å². The van der Waals surface area contributed by atoms with Gasteiger partial charge in [0.2, 0.25) is 0 Å². The van der Waals surface area contributed by atoms with Crippen LogP contribution in [0.3, 0.4) is 0 Å². The summed E-state index contributed by atoms with van der Waals surface area (Å²) in [5.74, 6) is 1.70. The van der Waals surface area contributed by atoms with E-state index in [2.05, 4.69) is 19.2 Å². The summed E-state index contributed by atoms with van der Waals surface area (Å²) in [6.07, 6.45) is 3.94. The Morgan fingerprint density at radius 3 is 2.25 bits per heavy atom. The molecule has 0 aromatic carbocycles. The van der Waals surface area contributed by atoms with Crippen LogP contribution in [0.25, 0.3) is 0 Å². The highest BCUT2D eigenvalue weighted by molar-refractivity contribution is 4.79. The lowest BCUT2D eigenvalue weighted by Gasteiger charge is -2.31. The molecule has 2 heteroatoms. The van der Waals surface area contributed by atoms with Gasteiger partial charge in [-0.15, -0.1) is 0 Å². The van der Waals surface area contributed by atoms with Crippen LogP contribution < -0.4 is 5.32 Å². The number of aliphatic hydroxyl groups excluding tert-OH is 1. The van der Waals surface area contributed by atoms with E-state index in [0.717, 1.165) is 18.4 Å². The van der Waals surface area contributed by atoms with E-state index in [1.807, 2.05) is 0 Å². The number of hydrogen-bond acceptors (Lipinski definition) is 2. The molecule has 0 aliphatic heterocycles. The van der Waals surface area contributed by atoms with Crippen LogP contribution in [-0.2, 0) is 0 Å². The van der Waals surface area contributed by atoms with E-state index in [4.69, 9.17) is 5.11 Å². The van der Waals surface area contributed by atoms with Gasteiger partial charge in [-0.3, -0.25) is 0 Å². The summed E-state index contributed by atoms with van der Waals surface area (Å²) < 4.78 is 0. The molecule has 12 heavy (non-hydrogen) atoms. The average molecular weight is 171 g/mol. The van der Waals surface area contributed by atoms with Crippen LogP contribution >= 0.6 is 0 Å². The lowest BCUT2D eigenvalue weighted by molar-refractivity contribution is 0.220. The fraction of sp³-hybridized carbons (Fsp3) is 1.00. The van der Waals surface area contributed by atoms with E-state index in [0.29, 0.717) is 6.04 Å². The van der Waals surface area contributed by atoms with Gasteiger partial charge in [-0.1, -0.05) is 13.8 Å². The molecule has 0 aromatic heterocycles. The van der Waals surface area contributed by atoms with Crippen LogP contribution in [-0.4, -0.2) is 24.3 Å². The fourth-order valence-electron chi connectivity index (χ4n) is 2.38. The number of rotatable bonds is 3. The zero-order chi connectivity index (χ0) is 8.97. The predicted octanol–water partition coefficient (Wildman–Crippen LogP) is 1.39. The zero-order valence-electron chi connectivity index (χ0n) is 8.21. The molecule has 0 heterocycles. The third kappa shape index (κ3) is 3.11. The molecule has 0 radical (unpaired) electrons.